The van der Waals surface area contributed by atoms with E-state index in [4.69, 9.17) is 21.3 Å². The molecule has 0 bridgehead atoms. The van der Waals surface area contributed by atoms with Crippen LogP contribution in [0.3, 0.4) is 0 Å². The second-order valence-corrected chi connectivity index (χ2v) is 12.0. The predicted molar refractivity (Wildman–Crippen MR) is 123 cm³/mol. The Morgan fingerprint density at radius 1 is 1.13 bits per heavy atom. The average Bonchev–Trinajstić information content (AvgIpc) is 2.60. The molecule has 0 aromatic rings. The van der Waals surface area contributed by atoms with Crippen LogP contribution in [0.4, 0.5) is 0 Å². The number of ether oxygens (including phenoxy) is 1. The number of esters is 1. The lowest BCUT2D eigenvalue weighted by Gasteiger charge is -2.55. The van der Waals surface area contributed by atoms with Gasteiger partial charge >= 0.3 is 11.9 Å². The molecule has 2 fully saturated rings. The highest BCUT2D eigenvalue weighted by Gasteiger charge is 2.52. The highest BCUT2D eigenvalue weighted by atomic mass is 32.2. The summed E-state index contributed by atoms with van der Waals surface area (Å²) in [5.41, 5.74) is 10.5. The van der Waals surface area contributed by atoms with Gasteiger partial charge in [-0.05, 0) is 48.3 Å². The van der Waals surface area contributed by atoms with Crippen molar-refractivity contribution >= 4 is 29.5 Å². The molecule has 5 N–H and O–H groups in total. The second kappa shape index (κ2) is 9.79. The Balaban J connectivity index is 2.31. The van der Waals surface area contributed by atoms with Gasteiger partial charge in [0.1, 0.15) is 0 Å². The van der Waals surface area contributed by atoms with Gasteiger partial charge in [0.2, 0.25) is 0 Å². The lowest BCUT2D eigenvalue weighted by Crippen LogP contribution is -2.63. The Labute approximate surface area is 190 Å². The first-order valence-electron chi connectivity index (χ1n) is 11.3. The molecule has 0 spiro atoms. The summed E-state index contributed by atoms with van der Waals surface area (Å²) in [4.78, 5) is 36.6. The van der Waals surface area contributed by atoms with E-state index in [1.165, 1.54) is 20.0 Å². The van der Waals surface area contributed by atoms with Crippen molar-refractivity contribution < 1.29 is 24.2 Å². The van der Waals surface area contributed by atoms with Gasteiger partial charge in [0.05, 0.1) is 19.6 Å². The third-order valence-corrected chi connectivity index (χ3v) is 9.16. The molecule has 178 valence electrons. The smallest absolute Gasteiger partial charge is 0.334 e. The molecule has 2 aliphatic carbocycles. The van der Waals surface area contributed by atoms with Gasteiger partial charge in [0.25, 0.3) is 0 Å². The van der Waals surface area contributed by atoms with E-state index in [-0.39, 0.29) is 21.8 Å². The fourth-order valence-electron chi connectivity index (χ4n) is 5.78. The third-order valence-electron chi connectivity index (χ3n) is 7.49. The van der Waals surface area contributed by atoms with E-state index in [9.17, 15) is 14.4 Å². The fourth-order valence-corrected chi connectivity index (χ4v) is 7.97. The maximum Gasteiger partial charge on any atom is 0.334 e. The summed E-state index contributed by atoms with van der Waals surface area (Å²) >= 11 is 1.58. The van der Waals surface area contributed by atoms with Gasteiger partial charge in [-0.25, -0.2) is 4.79 Å². The maximum atomic E-state index is 13.0. The standard InChI is InChI=1S/C23H40N2O5S/c1-21(2)10-7-11-22(3,4)18(21)17(14-8-6-9-14)31-13-23(25,20(29)30-5)19(28)15(24)12-16(26)27/h14-15,17-18H,6-13,24-25H2,1-5H3,(H,26,27)/t15-,17?,23+/m0/s1. The van der Waals surface area contributed by atoms with Gasteiger partial charge in [-0.1, -0.05) is 40.5 Å². The molecule has 0 aromatic heterocycles. The van der Waals surface area contributed by atoms with Crippen LogP contribution in [0.2, 0.25) is 0 Å². The Kier molecular flexibility index (Phi) is 8.26. The summed E-state index contributed by atoms with van der Waals surface area (Å²) in [6, 6.07) is -1.35. The van der Waals surface area contributed by atoms with Gasteiger partial charge in [0.15, 0.2) is 11.3 Å². The minimum atomic E-state index is -1.96. The number of carboxylic acid groups (broad SMARTS) is 1. The van der Waals surface area contributed by atoms with Crippen molar-refractivity contribution in [1.29, 1.82) is 0 Å². The topological polar surface area (TPSA) is 133 Å². The molecule has 3 atom stereocenters. The van der Waals surface area contributed by atoms with E-state index in [2.05, 4.69) is 27.7 Å². The molecule has 2 saturated carbocycles. The molecular formula is C23H40N2O5S. The van der Waals surface area contributed by atoms with Crippen LogP contribution < -0.4 is 11.5 Å². The first kappa shape index (κ1) is 26.1. The number of aliphatic carboxylic acids is 1. The Morgan fingerprint density at radius 3 is 2.10 bits per heavy atom. The molecule has 2 aliphatic rings. The Morgan fingerprint density at radius 2 is 1.68 bits per heavy atom. The molecule has 8 heteroatoms. The summed E-state index contributed by atoms with van der Waals surface area (Å²) in [6.45, 7) is 9.31. The third kappa shape index (κ3) is 5.63. The van der Waals surface area contributed by atoms with Crippen LogP contribution >= 0.6 is 11.8 Å². The molecule has 0 saturated heterocycles. The lowest BCUT2D eigenvalue weighted by molar-refractivity contribution is -0.151. The van der Waals surface area contributed by atoms with Crippen molar-refractivity contribution in [3.05, 3.63) is 0 Å². The number of nitrogens with two attached hydrogens (primary N) is 2. The number of carbonyl (C=O) groups excluding carboxylic acids is 2. The monoisotopic (exact) mass is 456 g/mol. The summed E-state index contributed by atoms with van der Waals surface area (Å²) < 4.78 is 4.85. The molecule has 0 aromatic carbocycles. The summed E-state index contributed by atoms with van der Waals surface area (Å²) in [5, 5.41) is 9.28. The van der Waals surface area contributed by atoms with Crippen molar-refractivity contribution in [3.8, 4) is 0 Å². The maximum absolute atomic E-state index is 13.0. The molecule has 0 aliphatic heterocycles. The zero-order chi connectivity index (χ0) is 23.6. The van der Waals surface area contributed by atoms with Crippen LogP contribution in [-0.4, -0.2) is 52.5 Å². The van der Waals surface area contributed by atoms with E-state index in [1.807, 2.05) is 0 Å². The zero-order valence-electron chi connectivity index (χ0n) is 19.6. The van der Waals surface area contributed by atoms with E-state index in [1.54, 1.807) is 11.8 Å². The number of carboxylic acids is 1. The number of hydrogen-bond acceptors (Lipinski definition) is 7. The molecule has 2 rings (SSSR count). The number of rotatable bonds is 10. The number of methoxy groups -OCH3 is 1. The van der Waals surface area contributed by atoms with Crippen LogP contribution in [0.25, 0.3) is 0 Å². The fraction of sp³-hybridized carbons (Fsp3) is 0.870. The number of hydrogen-bond donors (Lipinski definition) is 3. The molecular weight excluding hydrogens is 416 g/mol. The highest BCUT2D eigenvalue weighted by molar-refractivity contribution is 8.00. The number of thioether (sulfide) groups is 1. The van der Waals surface area contributed by atoms with E-state index in [0.717, 1.165) is 25.7 Å². The predicted octanol–water partition coefficient (Wildman–Crippen LogP) is 2.98. The number of ketones is 1. The van der Waals surface area contributed by atoms with E-state index >= 15 is 0 Å². The van der Waals surface area contributed by atoms with Crippen molar-refractivity contribution in [3.63, 3.8) is 0 Å². The summed E-state index contributed by atoms with van der Waals surface area (Å²) in [5.74, 6) is -1.87. The largest absolute Gasteiger partial charge is 0.481 e. The van der Waals surface area contributed by atoms with Crippen molar-refractivity contribution in [2.75, 3.05) is 12.9 Å². The van der Waals surface area contributed by atoms with Crippen LogP contribution in [-0.2, 0) is 19.1 Å². The summed E-state index contributed by atoms with van der Waals surface area (Å²) in [6.07, 6.45) is 6.40. The minimum absolute atomic E-state index is 0.0374. The van der Waals surface area contributed by atoms with E-state index < -0.39 is 35.7 Å². The van der Waals surface area contributed by atoms with Gasteiger partial charge < -0.3 is 21.3 Å². The van der Waals surface area contributed by atoms with Crippen molar-refractivity contribution in [1.82, 2.24) is 0 Å². The molecule has 0 radical (unpaired) electrons. The zero-order valence-corrected chi connectivity index (χ0v) is 20.4. The SMILES string of the molecule is COC(=O)[C@@](N)(CSC(C1CCC1)C1C(C)(C)CCCC1(C)C)C(=O)[C@@H](N)CC(=O)O. The average molecular weight is 457 g/mol. The van der Waals surface area contributed by atoms with Crippen molar-refractivity contribution in [2.24, 2.45) is 34.1 Å². The van der Waals surface area contributed by atoms with Gasteiger partial charge in [-0.15, -0.1) is 0 Å². The normalized spacial score (nSPS) is 25.0. The van der Waals surface area contributed by atoms with Gasteiger partial charge in [0, 0.05) is 11.0 Å². The van der Waals surface area contributed by atoms with Crippen LogP contribution in [0.15, 0.2) is 0 Å². The Bertz CT molecular complexity index is 675. The molecule has 0 heterocycles. The first-order chi connectivity index (χ1) is 14.3. The quantitative estimate of drug-likeness (QED) is 0.337. The summed E-state index contributed by atoms with van der Waals surface area (Å²) in [7, 11) is 1.18. The van der Waals surface area contributed by atoms with Crippen molar-refractivity contribution in [2.45, 2.75) is 89.5 Å². The number of Topliss-reactive ketones (excluding diaryl/α,β-unsaturated/α-hetero) is 1. The highest BCUT2D eigenvalue weighted by Crippen LogP contribution is 2.58. The van der Waals surface area contributed by atoms with Gasteiger partial charge in [-0.3, -0.25) is 9.59 Å². The lowest BCUT2D eigenvalue weighted by atomic mass is 9.54. The number of carbonyl (C=O) groups is 3. The first-order valence-corrected chi connectivity index (χ1v) is 12.3. The minimum Gasteiger partial charge on any atom is -0.481 e. The van der Waals surface area contributed by atoms with Gasteiger partial charge in [-0.2, -0.15) is 11.8 Å². The molecule has 31 heavy (non-hydrogen) atoms. The van der Waals surface area contributed by atoms with Crippen LogP contribution in [0.1, 0.15) is 72.6 Å². The molecule has 7 nitrogen and oxygen atoms in total. The van der Waals surface area contributed by atoms with E-state index in [0.29, 0.717) is 11.8 Å². The molecule has 0 amide bonds. The Hall–Kier alpha value is -1.12. The molecule has 1 unspecified atom stereocenters. The van der Waals surface area contributed by atoms with Crippen LogP contribution in [0.5, 0.6) is 0 Å². The second-order valence-electron chi connectivity index (χ2n) is 10.8. The van der Waals surface area contributed by atoms with Crippen LogP contribution in [0, 0.1) is 22.7 Å².